The van der Waals surface area contributed by atoms with E-state index in [1.165, 1.54) is 48.6 Å². The minimum Gasteiger partial charge on any atom is -0.321 e. The van der Waals surface area contributed by atoms with Crippen LogP contribution in [-0.2, 0) is 14.6 Å². The van der Waals surface area contributed by atoms with Crippen molar-refractivity contribution in [2.45, 2.75) is 4.90 Å². The van der Waals surface area contributed by atoms with Crippen LogP contribution in [0.5, 0.6) is 0 Å². The Morgan fingerprint density at radius 2 is 1.96 bits per heavy atom. The van der Waals surface area contributed by atoms with Gasteiger partial charge in [0, 0.05) is 12.3 Å². The van der Waals surface area contributed by atoms with E-state index in [4.69, 9.17) is 11.6 Å². The Labute approximate surface area is 138 Å². The molecule has 2 aromatic rings. The summed E-state index contributed by atoms with van der Waals surface area (Å²) in [5, 5.41) is 2.70. The third-order valence-electron chi connectivity index (χ3n) is 2.90. The topological polar surface area (TPSA) is 63.2 Å². The van der Waals surface area contributed by atoms with Crippen molar-refractivity contribution >= 4 is 39.1 Å². The van der Waals surface area contributed by atoms with E-state index in [0.717, 1.165) is 6.26 Å². The first-order valence-electron chi connectivity index (χ1n) is 6.50. The van der Waals surface area contributed by atoms with Gasteiger partial charge in [-0.3, -0.25) is 4.79 Å². The Morgan fingerprint density at radius 1 is 1.22 bits per heavy atom. The van der Waals surface area contributed by atoms with E-state index in [9.17, 15) is 17.6 Å². The van der Waals surface area contributed by atoms with Crippen molar-refractivity contribution in [3.8, 4) is 0 Å². The van der Waals surface area contributed by atoms with Crippen LogP contribution in [0.1, 0.15) is 5.56 Å². The van der Waals surface area contributed by atoms with Crippen molar-refractivity contribution in [3.05, 3.63) is 64.9 Å². The van der Waals surface area contributed by atoms with Crippen LogP contribution >= 0.6 is 11.6 Å². The fourth-order valence-corrected chi connectivity index (χ4v) is 2.60. The van der Waals surface area contributed by atoms with E-state index in [-0.39, 0.29) is 15.6 Å². The molecule has 7 heteroatoms. The first-order valence-corrected chi connectivity index (χ1v) is 8.77. The van der Waals surface area contributed by atoms with E-state index in [1.807, 2.05) is 0 Å². The lowest BCUT2D eigenvalue weighted by Gasteiger charge is -2.07. The highest BCUT2D eigenvalue weighted by Gasteiger charge is 2.11. The van der Waals surface area contributed by atoms with Gasteiger partial charge in [0.1, 0.15) is 5.82 Å². The molecule has 2 aromatic carbocycles. The minimum absolute atomic E-state index is 0.0475. The predicted octanol–water partition coefficient (Wildman–Crippen LogP) is 3.53. The summed E-state index contributed by atoms with van der Waals surface area (Å²) in [6.45, 7) is 0. The van der Waals surface area contributed by atoms with Gasteiger partial charge in [0.05, 0.1) is 15.6 Å². The van der Waals surface area contributed by atoms with Gasteiger partial charge >= 0.3 is 0 Å². The lowest BCUT2D eigenvalue weighted by Crippen LogP contribution is -2.09. The molecule has 0 aromatic heterocycles. The van der Waals surface area contributed by atoms with E-state index in [0.29, 0.717) is 5.56 Å². The first kappa shape index (κ1) is 17.2. The number of carbonyl (C=O) groups is 1. The van der Waals surface area contributed by atoms with Gasteiger partial charge in [-0.15, -0.1) is 0 Å². The van der Waals surface area contributed by atoms with E-state index in [1.54, 1.807) is 6.07 Å². The molecular weight excluding hydrogens is 341 g/mol. The number of anilines is 1. The molecule has 0 aliphatic rings. The van der Waals surface area contributed by atoms with Gasteiger partial charge in [-0.2, -0.15) is 0 Å². The summed E-state index contributed by atoms with van der Waals surface area (Å²) >= 11 is 5.95. The summed E-state index contributed by atoms with van der Waals surface area (Å²) in [5.41, 5.74) is 0.708. The minimum atomic E-state index is -3.41. The summed E-state index contributed by atoms with van der Waals surface area (Å²) < 4.78 is 36.1. The quantitative estimate of drug-likeness (QED) is 0.855. The highest BCUT2D eigenvalue weighted by Crippen LogP contribution is 2.25. The van der Waals surface area contributed by atoms with Crippen LogP contribution in [-0.4, -0.2) is 20.6 Å². The molecule has 1 N–H and O–H groups in total. The number of benzene rings is 2. The number of hydrogen-bond donors (Lipinski definition) is 1. The summed E-state index contributed by atoms with van der Waals surface area (Å²) in [7, 11) is -3.41. The molecule has 0 bridgehead atoms. The Bertz CT molecular complexity index is 879. The molecule has 0 spiro atoms. The molecule has 0 aliphatic heterocycles. The molecule has 0 unspecified atom stereocenters. The SMILES string of the molecule is CS(=O)(=O)c1ccc(Cl)c(NC(=O)/C=C/c2cccc(F)c2)c1. The first-order chi connectivity index (χ1) is 10.8. The third kappa shape index (κ3) is 4.91. The Hall–Kier alpha value is -2.18. The van der Waals surface area contributed by atoms with Gasteiger partial charge in [0.25, 0.3) is 0 Å². The molecule has 120 valence electrons. The van der Waals surface area contributed by atoms with Crippen LogP contribution in [0.25, 0.3) is 6.08 Å². The normalized spacial score (nSPS) is 11.6. The van der Waals surface area contributed by atoms with Crippen molar-refractivity contribution in [2.24, 2.45) is 0 Å². The van der Waals surface area contributed by atoms with Crippen LogP contribution in [0.3, 0.4) is 0 Å². The number of amides is 1. The van der Waals surface area contributed by atoms with Crippen molar-refractivity contribution in [1.29, 1.82) is 0 Å². The number of sulfone groups is 1. The van der Waals surface area contributed by atoms with Gasteiger partial charge in [-0.25, -0.2) is 12.8 Å². The monoisotopic (exact) mass is 353 g/mol. The van der Waals surface area contributed by atoms with Crippen LogP contribution in [0.4, 0.5) is 10.1 Å². The standard InChI is InChI=1S/C16H13ClFNO3S/c1-23(21,22)13-6-7-14(17)15(10-13)19-16(20)8-5-11-3-2-4-12(18)9-11/h2-10H,1H3,(H,19,20)/b8-5+. The van der Waals surface area contributed by atoms with Crippen molar-refractivity contribution in [1.82, 2.24) is 0 Å². The Morgan fingerprint density at radius 3 is 2.61 bits per heavy atom. The predicted molar refractivity (Wildman–Crippen MR) is 88.6 cm³/mol. The number of rotatable bonds is 4. The fourth-order valence-electron chi connectivity index (χ4n) is 1.79. The average molecular weight is 354 g/mol. The second kappa shape index (κ2) is 6.93. The fraction of sp³-hybridized carbons (Fsp3) is 0.0625. The zero-order chi connectivity index (χ0) is 17.0. The highest BCUT2D eigenvalue weighted by molar-refractivity contribution is 7.90. The molecule has 4 nitrogen and oxygen atoms in total. The average Bonchev–Trinajstić information content (AvgIpc) is 2.46. The van der Waals surface area contributed by atoms with Gasteiger partial charge in [0.2, 0.25) is 5.91 Å². The molecule has 1 amide bonds. The second-order valence-corrected chi connectivity index (χ2v) is 7.21. The van der Waals surface area contributed by atoms with Crippen molar-refractivity contribution in [3.63, 3.8) is 0 Å². The number of halogens is 2. The third-order valence-corrected chi connectivity index (χ3v) is 4.34. The molecule has 0 radical (unpaired) electrons. The summed E-state index contributed by atoms with van der Waals surface area (Å²) in [6.07, 6.45) is 3.71. The van der Waals surface area contributed by atoms with E-state index >= 15 is 0 Å². The molecule has 0 atom stereocenters. The number of hydrogen-bond acceptors (Lipinski definition) is 3. The molecule has 0 fully saturated rings. The molecule has 0 saturated heterocycles. The molecule has 2 rings (SSSR count). The zero-order valence-corrected chi connectivity index (χ0v) is 13.7. The van der Waals surface area contributed by atoms with Crippen LogP contribution in [0, 0.1) is 5.82 Å². The van der Waals surface area contributed by atoms with Gasteiger partial charge in [-0.05, 0) is 42.0 Å². The highest BCUT2D eigenvalue weighted by atomic mass is 35.5. The lowest BCUT2D eigenvalue weighted by atomic mass is 10.2. The van der Waals surface area contributed by atoms with Crippen molar-refractivity contribution < 1.29 is 17.6 Å². The summed E-state index contributed by atoms with van der Waals surface area (Å²) in [4.78, 5) is 11.9. The van der Waals surface area contributed by atoms with E-state index in [2.05, 4.69) is 5.32 Å². The number of carbonyl (C=O) groups excluding carboxylic acids is 1. The maximum atomic E-state index is 13.0. The van der Waals surface area contributed by atoms with E-state index < -0.39 is 21.6 Å². The molecule has 0 saturated carbocycles. The maximum absolute atomic E-state index is 13.0. The molecular formula is C16H13ClFNO3S. The smallest absolute Gasteiger partial charge is 0.248 e. The Kier molecular flexibility index (Phi) is 5.18. The molecule has 23 heavy (non-hydrogen) atoms. The summed E-state index contributed by atoms with van der Waals surface area (Å²) in [6, 6.07) is 9.78. The largest absolute Gasteiger partial charge is 0.321 e. The van der Waals surface area contributed by atoms with Crippen LogP contribution in [0.2, 0.25) is 5.02 Å². The zero-order valence-electron chi connectivity index (χ0n) is 12.1. The Balaban J connectivity index is 2.17. The molecule has 0 aliphatic carbocycles. The van der Waals surface area contributed by atoms with Crippen LogP contribution in [0.15, 0.2) is 53.4 Å². The van der Waals surface area contributed by atoms with Gasteiger partial charge in [-0.1, -0.05) is 23.7 Å². The van der Waals surface area contributed by atoms with Crippen molar-refractivity contribution in [2.75, 3.05) is 11.6 Å². The van der Waals surface area contributed by atoms with Crippen LogP contribution < -0.4 is 5.32 Å². The lowest BCUT2D eigenvalue weighted by molar-refractivity contribution is -0.111. The number of nitrogens with one attached hydrogen (secondary N) is 1. The second-order valence-electron chi connectivity index (χ2n) is 4.79. The van der Waals surface area contributed by atoms with Gasteiger partial charge in [0.15, 0.2) is 9.84 Å². The maximum Gasteiger partial charge on any atom is 0.248 e. The summed E-state index contributed by atoms with van der Waals surface area (Å²) in [5.74, 6) is -0.918. The molecule has 0 heterocycles. The van der Waals surface area contributed by atoms with Gasteiger partial charge < -0.3 is 5.32 Å².